The van der Waals surface area contributed by atoms with Crippen LogP contribution in [0.4, 0.5) is 23.0 Å². The van der Waals surface area contributed by atoms with Crippen LogP contribution in [-0.2, 0) is 0 Å². The van der Waals surface area contributed by atoms with Gasteiger partial charge in [0, 0.05) is 22.3 Å². The first-order chi connectivity index (χ1) is 14.1. The number of nitro groups is 1. The van der Waals surface area contributed by atoms with E-state index in [1.165, 1.54) is 18.3 Å². The molecule has 0 amide bonds. The zero-order valence-corrected chi connectivity index (χ0v) is 16.1. The van der Waals surface area contributed by atoms with E-state index in [0.29, 0.717) is 17.2 Å². The molecule has 0 saturated carbocycles. The van der Waals surface area contributed by atoms with Gasteiger partial charge in [0.05, 0.1) is 11.1 Å². The maximum Gasteiger partial charge on any atom is 0.269 e. The number of halogens is 1. The Kier molecular flexibility index (Phi) is 5.07. The Bertz CT molecular complexity index is 1210. The average molecular weight is 455 g/mol. The molecule has 0 atom stereocenters. The molecule has 2 N–H and O–H groups in total. The van der Waals surface area contributed by atoms with Gasteiger partial charge in [-0.1, -0.05) is 22.0 Å². The number of nitrogens with zero attached hydrogens (tertiary/aromatic N) is 6. The first-order valence-corrected chi connectivity index (χ1v) is 8.94. The molecule has 0 spiro atoms. The first kappa shape index (κ1) is 18.4. The third-order valence-corrected chi connectivity index (χ3v) is 4.18. The fraction of sp³-hybridized carbons (Fsp3) is 0. The Labute approximate surface area is 171 Å². The molecule has 0 aliphatic carbocycles. The topological polar surface area (TPSA) is 144 Å². The summed E-state index contributed by atoms with van der Waals surface area (Å²) in [5.41, 5.74) is 4.70. The van der Waals surface area contributed by atoms with E-state index in [1.54, 1.807) is 12.1 Å². The number of anilines is 3. The van der Waals surface area contributed by atoms with Gasteiger partial charge >= 0.3 is 0 Å². The molecule has 12 heteroatoms. The predicted octanol–water partition coefficient (Wildman–Crippen LogP) is 3.87. The fourth-order valence-electron chi connectivity index (χ4n) is 2.36. The highest BCUT2D eigenvalue weighted by Crippen LogP contribution is 2.25. The summed E-state index contributed by atoms with van der Waals surface area (Å²) in [4.78, 5) is 18.9. The molecular weight excluding hydrogens is 444 g/mol. The second-order valence-corrected chi connectivity index (χ2v) is 6.60. The lowest BCUT2D eigenvalue weighted by Gasteiger charge is -2.09. The Morgan fingerprint density at radius 1 is 1.07 bits per heavy atom. The van der Waals surface area contributed by atoms with Crippen molar-refractivity contribution >= 4 is 56.4 Å². The number of benzene rings is 2. The van der Waals surface area contributed by atoms with Crippen molar-refractivity contribution in [1.82, 2.24) is 20.3 Å². The second-order valence-electron chi connectivity index (χ2n) is 5.69. The van der Waals surface area contributed by atoms with Crippen LogP contribution in [-0.4, -0.2) is 31.4 Å². The van der Waals surface area contributed by atoms with Gasteiger partial charge in [-0.05, 0) is 46.2 Å². The molecule has 144 valence electrons. The molecule has 2 aromatic carbocycles. The second kappa shape index (κ2) is 7.98. The molecule has 0 unspecified atom stereocenters. The van der Waals surface area contributed by atoms with Gasteiger partial charge in [-0.2, -0.15) is 10.1 Å². The molecule has 0 fully saturated rings. The summed E-state index contributed by atoms with van der Waals surface area (Å²) in [6.07, 6.45) is 1.50. The van der Waals surface area contributed by atoms with Gasteiger partial charge in [0.2, 0.25) is 11.3 Å². The predicted molar refractivity (Wildman–Crippen MR) is 109 cm³/mol. The molecule has 0 bridgehead atoms. The third-order valence-electron chi connectivity index (χ3n) is 3.69. The smallest absolute Gasteiger partial charge is 0.269 e. The molecule has 29 heavy (non-hydrogen) atoms. The van der Waals surface area contributed by atoms with Gasteiger partial charge in [-0.15, -0.1) is 0 Å². The van der Waals surface area contributed by atoms with Crippen molar-refractivity contribution in [2.24, 2.45) is 5.10 Å². The van der Waals surface area contributed by atoms with E-state index in [9.17, 15) is 10.1 Å². The van der Waals surface area contributed by atoms with Crippen molar-refractivity contribution in [2.75, 3.05) is 10.7 Å². The molecule has 0 radical (unpaired) electrons. The van der Waals surface area contributed by atoms with Crippen LogP contribution in [0.15, 0.2) is 62.7 Å². The summed E-state index contributed by atoms with van der Waals surface area (Å²) >= 11 is 3.41. The summed E-state index contributed by atoms with van der Waals surface area (Å²) in [6.45, 7) is 0. The van der Waals surface area contributed by atoms with Gasteiger partial charge in [0.15, 0.2) is 11.6 Å². The highest BCUT2D eigenvalue weighted by molar-refractivity contribution is 9.10. The first-order valence-electron chi connectivity index (χ1n) is 8.15. The van der Waals surface area contributed by atoms with Crippen LogP contribution in [0, 0.1) is 10.1 Å². The summed E-state index contributed by atoms with van der Waals surface area (Å²) in [5, 5.41) is 25.4. The van der Waals surface area contributed by atoms with Gasteiger partial charge in [-0.3, -0.25) is 15.5 Å². The molecule has 11 nitrogen and oxygen atoms in total. The number of hydrogen-bond acceptors (Lipinski definition) is 10. The summed E-state index contributed by atoms with van der Waals surface area (Å²) in [5.74, 6) is 0.665. The number of hydrogen-bond donors (Lipinski definition) is 2. The molecule has 2 heterocycles. The molecule has 4 rings (SSSR count). The van der Waals surface area contributed by atoms with E-state index < -0.39 is 4.92 Å². The van der Waals surface area contributed by atoms with Crippen LogP contribution in [0.5, 0.6) is 0 Å². The normalized spacial score (nSPS) is 11.1. The lowest BCUT2D eigenvalue weighted by Crippen LogP contribution is -2.03. The van der Waals surface area contributed by atoms with Crippen LogP contribution in [0.3, 0.4) is 0 Å². The van der Waals surface area contributed by atoms with Gasteiger partial charge in [0.1, 0.15) is 0 Å². The van der Waals surface area contributed by atoms with E-state index in [2.05, 4.69) is 56.7 Å². The largest absolute Gasteiger partial charge is 0.337 e. The minimum atomic E-state index is -0.462. The molecule has 0 aliphatic heterocycles. The van der Waals surface area contributed by atoms with Crippen molar-refractivity contribution < 1.29 is 9.55 Å². The number of aromatic nitrogens is 4. The summed E-state index contributed by atoms with van der Waals surface area (Å²) in [6, 6.07) is 13.5. The zero-order chi connectivity index (χ0) is 20.2. The molecular formula is C17H11BrN8O3. The Morgan fingerprint density at radius 2 is 1.79 bits per heavy atom. The van der Waals surface area contributed by atoms with Gasteiger partial charge in [0.25, 0.3) is 5.69 Å². The van der Waals surface area contributed by atoms with Gasteiger partial charge in [-0.25, -0.2) is 9.61 Å². The van der Waals surface area contributed by atoms with E-state index in [1.807, 2.05) is 24.3 Å². The lowest BCUT2D eigenvalue weighted by atomic mass is 10.2. The minimum absolute atomic E-state index is 0.00506. The maximum atomic E-state index is 10.7. The van der Waals surface area contributed by atoms with Crippen molar-refractivity contribution in [1.29, 1.82) is 0 Å². The standard InChI is InChI=1S/C17H11BrN8O3/c18-11-2-1-3-12(8-11)20-14-15(22-17-16(21-14)24-29-25-17)23-19-9-10-4-6-13(7-5-10)26(27)28/h1-9H,(H,20,21,24)(H,22,23,25)/b19-9-. The zero-order valence-electron chi connectivity index (χ0n) is 14.5. The Morgan fingerprint density at radius 3 is 2.48 bits per heavy atom. The quantitative estimate of drug-likeness (QED) is 0.251. The monoisotopic (exact) mass is 454 g/mol. The number of nitro benzene ring substituents is 1. The van der Waals surface area contributed by atoms with Crippen LogP contribution in [0.2, 0.25) is 0 Å². The van der Waals surface area contributed by atoms with Gasteiger partial charge < -0.3 is 5.32 Å². The van der Waals surface area contributed by atoms with Crippen molar-refractivity contribution in [3.8, 4) is 0 Å². The summed E-state index contributed by atoms with van der Waals surface area (Å²) < 4.78 is 5.56. The number of hydrazone groups is 1. The molecule has 2 aromatic heterocycles. The fourth-order valence-corrected chi connectivity index (χ4v) is 2.76. The SMILES string of the molecule is O=[N+]([O-])c1ccc(/C=N\Nc2nc3nonc3nc2Nc2cccc(Br)c2)cc1. The van der Waals surface area contributed by atoms with Crippen molar-refractivity contribution in [2.45, 2.75) is 0 Å². The van der Waals surface area contributed by atoms with Crippen LogP contribution >= 0.6 is 15.9 Å². The Hall–Kier alpha value is -3.93. The minimum Gasteiger partial charge on any atom is -0.337 e. The maximum absolute atomic E-state index is 10.7. The van der Waals surface area contributed by atoms with Crippen molar-refractivity contribution in [3.05, 3.63) is 68.7 Å². The van der Waals surface area contributed by atoms with Crippen molar-refractivity contribution in [3.63, 3.8) is 0 Å². The number of nitrogens with one attached hydrogen (secondary N) is 2. The van der Waals surface area contributed by atoms with E-state index >= 15 is 0 Å². The Balaban J connectivity index is 1.59. The van der Waals surface area contributed by atoms with Crippen LogP contribution in [0.25, 0.3) is 11.3 Å². The van der Waals surface area contributed by atoms with Crippen LogP contribution < -0.4 is 10.7 Å². The van der Waals surface area contributed by atoms with Crippen LogP contribution in [0.1, 0.15) is 5.56 Å². The molecule has 0 aliphatic rings. The number of non-ortho nitro benzene ring substituents is 1. The molecule has 0 saturated heterocycles. The average Bonchev–Trinajstić information content (AvgIpc) is 3.16. The highest BCUT2D eigenvalue weighted by Gasteiger charge is 2.13. The third kappa shape index (κ3) is 4.32. The summed E-state index contributed by atoms with van der Waals surface area (Å²) in [7, 11) is 0. The van der Waals surface area contributed by atoms with E-state index in [4.69, 9.17) is 0 Å². The highest BCUT2D eigenvalue weighted by atomic mass is 79.9. The van der Waals surface area contributed by atoms with E-state index in [0.717, 1.165) is 10.2 Å². The number of fused-ring (bicyclic) bond motifs is 1. The molecule has 4 aromatic rings. The van der Waals surface area contributed by atoms with E-state index in [-0.39, 0.29) is 17.0 Å². The lowest BCUT2D eigenvalue weighted by molar-refractivity contribution is -0.384. The number of rotatable bonds is 6.